The summed E-state index contributed by atoms with van der Waals surface area (Å²) in [5.74, 6) is -2.13. The molecule has 4 aliphatic rings. The molecule has 1 aromatic heterocycles. The van der Waals surface area contributed by atoms with Gasteiger partial charge in [-0.25, -0.2) is 0 Å². The first-order valence-corrected chi connectivity index (χ1v) is 13.3. The van der Waals surface area contributed by atoms with Crippen LogP contribution in [0.4, 0.5) is 0 Å². The predicted octanol–water partition coefficient (Wildman–Crippen LogP) is 4.74. The highest BCUT2D eigenvalue weighted by atomic mass is 16.5. The molecule has 0 saturated carbocycles. The molecule has 3 aliphatic carbocycles. The summed E-state index contributed by atoms with van der Waals surface area (Å²) >= 11 is 0. The van der Waals surface area contributed by atoms with E-state index in [-0.39, 0.29) is 36.2 Å². The average Bonchev–Trinajstić information content (AvgIpc) is 3.37. The van der Waals surface area contributed by atoms with Crippen molar-refractivity contribution in [3.8, 4) is 0 Å². The molecular weight excluding hydrogens is 490 g/mol. The third kappa shape index (κ3) is 3.29. The van der Waals surface area contributed by atoms with Crippen LogP contribution in [0.1, 0.15) is 52.3 Å². The lowest BCUT2D eigenvalue weighted by Gasteiger charge is -2.45. The lowest BCUT2D eigenvalue weighted by molar-refractivity contribution is -0.144. The number of carbonyl (C=O) groups excluding carboxylic acids is 3. The van der Waals surface area contributed by atoms with Gasteiger partial charge in [0.25, 0.3) is 11.8 Å². The zero-order valence-corrected chi connectivity index (χ0v) is 21.7. The van der Waals surface area contributed by atoms with E-state index in [4.69, 9.17) is 4.74 Å². The molecule has 1 saturated heterocycles. The van der Waals surface area contributed by atoms with Gasteiger partial charge in [0.05, 0.1) is 24.7 Å². The molecule has 0 radical (unpaired) electrons. The molecule has 4 aromatic rings. The maximum absolute atomic E-state index is 13.9. The average molecular weight is 518 g/mol. The molecular formula is C32H27N3O4. The van der Waals surface area contributed by atoms with Gasteiger partial charge in [0.2, 0.25) is 0 Å². The Balaban J connectivity index is 1.28. The van der Waals surface area contributed by atoms with E-state index in [1.54, 1.807) is 13.1 Å². The minimum Gasteiger partial charge on any atom is -0.465 e. The second kappa shape index (κ2) is 8.76. The van der Waals surface area contributed by atoms with Gasteiger partial charge in [-0.2, -0.15) is 10.1 Å². The number of carbonyl (C=O) groups is 3. The number of esters is 1. The van der Waals surface area contributed by atoms with E-state index in [0.717, 1.165) is 49.4 Å². The Morgan fingerprint density at radius 2 is 1.36 bits per heavy atom. The van der Waals surface area contributed by atoms with Crippen LogP contribution in [0.25, 0.3) is 10.9 Å². The number of rotatable bonds is 5. The quantitative estimate of drug-likeness (QED) is 0.218. The highest BCUT2D eigenvalue weighted by Crippen LogP contribution is 2.60. The Kier molecular flexibility index (Phi) is 5.30. The van der Waals surface area contributed by atoms with Crippen LogP contribution in [0.5, 0.6) is 0 Å². The number of hydrazone groups is 1. The molecule has 2 atom stereocenters. The van der Waals surface area contributed by atoms with Crippen molar-refractivity contribution in [3.63, 3.8) is 0 Å². The number of amides is 2. The van der Waals surface area contributed by atoms with Gasteiger partial charge in [0.1, 0.15) is 6.54 Å². The second-order valence-corrected chi connectivity index (χ2v) is 10.4. The number of hydrogen-bond acceptors (Lipinski definition) is 5. The molecule has 1 fully saturated rings. The second-order valence-electron chi connectivity index (χ2n) is 10.4. The van der Waals surface area contributed by atoms with Crippen LogP contribution in [-0.4, -0.2) is 40.2 Å². The molecule has 194 valence electrons. The first-order chi connectivity index (χ1) is 19.0. The van der Waals surface area contributed by atoms with E-state index >= 15 is 0 Å². The van der Waals surface area contributed by atoms with Gasteiger partial charge >= 0.3 is 5.97 Å². The normalized spacial score (nSPS) is 22.9. The molecule has 39 heavy (non-hydrogen) atoms. The van der Waals surface area contributed by atoms with Gasteiger partial charge in [-0.3, -0.25) is 14.4 Å². The number of benzene rings is 3. The molecule has 1 aliphatic heterocycles. The van der Waals surface area contributed by atoms with E-state index in [0.29, 0.717) is 6.61 Å². The molecule has 8 rings (SSSR count). The predicted molar refractivity (Wildman–Crippen MR) is 146 cm³/mol. The third-order valence-corrected chi connectivity index (χ3v) is 8.60. The zero-order chi connectivity index (χ0) is 26.8. The van der Waals surface area contributed by atoms with Crippen molar-refractivity contribution in [2.75, 3.05) is 6.61 Å². The van der Waals surface area contributed by atoms with Crippen molar-refractivity contribution in [2.45, 2.75) is 32.2 Å². The van der Waals surface area contributed by atoms with Crippen molar-refractivity contribution < 1.29 is 19.1 Å². The molecule has 7 nitrogen and oxygen atoms in total. The fraction of sp³-hybridized carbons (Fsp3) is 0.250. The van der Waals surface area contributed by atoms with Gasteiger partial charge in [-0.15, -0.1) is 0 Å². The van der Waals surface area contributed by atoms with E-state index in [9.17, 15) is 14.4 Å². The molecule has 7 heteroatoms. The smallest absolute Gasteiger partial charge is 0.325 e. The van der Waals surface area contributed by atoms with Gasteiger partial charge in [0, 0.05) is 34.0 Å². The largest absolute Gasteiger partial charge is 0.465 e. The highest BCUT2D eigenvalue weighted by molar-refractivity contribution is 6.09. The minimum atomic E-state index is -0.476. The van der Waals surface area contributed by atoms with E-state index < -0.39 is 11.8 Å². The Bertz CT molecular complexity index is 1600. The van der Waals surface area contributed by atoms with Crippen LogP contribution in [0, 0.1) is 18.8 Å². The molecule has 0 spiro atoms. The number of imide groups is 1. The van der Waals surface area contributed by atoms with Crippen LogP contribution in [0.15, 0.2) is 77.9 Å². The molecule has 2 heterocycles. The Hall–Kier alpha value is -4.52. The first-order valence-electron chi connectivity index (χ1n) is 13.3. The highest BCUT2D eigenvalue weighted by Gasteiger charge is 2.61. The first kappa shape index (κ1) is 23.6. The Morgan fingerprint density at radius 1 is 0.846 bits per heavy atom. The van der Waals surface area contributed by atoms with E-state index in [1.165, 1.54) is 0 Å². The fourth-order valence-corrected chi connectivity index (χ4v) is 7.05. The van der Waals surface area contributed by atoms with Crippen molar-refractivity contribution in [1.82, 2.24) is 9.58 Å². The number of hydrogen-bond donors (Lipinski definition) is 0. The zero-order valence-electron chi connectivity index (χ0n) is 21.7. The number of fused-ring (bicyclic) bond motifs is 1. The SMILES string of the molecule is CCOC(=O)Cn1c(C)c(/C=N\N2C(=O)[C@@H]3C4c5ccccc5C(c5ccccc54)[C@@H]3C2=O)c2ccccc21. The number of para-hydroxylation sites is 1. The summed E-state index contributed by atoms with van der Waals surface area (Å²) in [6, 6.07) is 24.1. The van der Waals surface area contributed by atoms with Crippen molar-refractivity contribution in [3.05, 3.63) is 106 Å². The standard InChI is InChI=1S/C32H27N3O4/c1-3-39-26(36)17-34-18(2)24(19-10-8-9-15-25(19)34)16-33-35-31(37)29-27-20-11-4-5-12-21(20)28(30(29)32(35)38)23-14-7-6-13-22(23)27/h4-16,27-30H,3,17H2,1-2H3/b33-16-/t27?,28?,29-,30+. The molecule has 2 bridgehead atoms. The summed E-state index contributed by atoms with van der Waals surface area (Å²) in [5, 5.41) is 6.50. The summed E-state index contributed by atoms with van der Waals surface area (Å²) in [5.41, 5.74) is 6.96. The third-order valence-electron chi connectivity index (χ3n) is 8.60. The monoisotopic (exact) mass is 517 g/mol. The van der Waals surface area contributed by atoms with E-state index in [2.05, 4.69) is 29.4 Å². The summed E-state index contributed by atoms with van der Waals surface area (Å²) in [4.78, 5) is 40.0. The number of ether oxygens (including phenoxy) is 1. The van der Waals surface area contributed by atoms with Crippen LogP contribution in [-0.2, 0) is 25.7 Å². The maximum atomic E-state index is 13.9. The van der Waals surface area contributed by atoms with Crippen LogP contribution in [0.2, 0.25) is 0 Å². The lowest BCUT2D eigenvalue weighted by Crippen LogP contribution is -2.41. The topological polar surface area (TPSA) is 81.0 Å². The fourth-order valence-electron chi connectivity index (χ4n) is 7.05. The van der Waals surface area contributed by atoms with Gasteiger partial charge in [-0.1, -0.05) is 66.7 Å². The van der Waals surface area contributed by atoms with Crippen LogP contribution >= 0.6 is 0 Å². The van der Waals surface area contributed by atoms with Gasteiger partial charge in [-0.05, 0) is 42.2 Å². The minimum absolute atomic E-state index is 0.0691. The summed E-state index contributed by atoms with van der Waals surface area (Å²) in [6.45, 7) is 4.06. The maximum Gasteiger partial charge on any atom is 0.325 e. The van der Waals surface area contributed by atoms with Gasteiger partial charge < -0.3 is 9.30 Å². The van der Waals surface area contributed by atoms with Crippen molar-refractivity contribution in [2.24, 2.45) is 16.9 Å². The van der Waals surface area contributed by atoms with Gasteiger partial charge in [0.15, 0.2) is 0 Å². The van der Waals surface area contributed by atoms with Crippen molar-refractivity contribution in [1.29, 1.82) is 0 Å². The lowest BCUT2D eigenvalue weighted by atomic mass is 9.55. The number of aromatic nitrogens is 1. The van der Waals surface area contributed by atoms with E-state index in [1.807, 2.05) is 60.0 Å². The Labute approximate surface area is 225 Å². The van der Waals surface area contributed by atoms with Crippen molar-refractivity contribution >= 4 is 34.9 Å². The summed E-state index contributed by atoms with van der Waals surface area (Å²) in [7, 11) is 0. The Morgan fingerprint density at radius 3 is 1.90 bits per heavy atom. The van der Waals surface area contributed by atoms with Crippen LogP contribution < -0.4 is 0 Å². The molecule has 3 aromatic carbocycles. The molecule has 0 N–H and O–H groups in total. The van der Waals surface area contributed by atoms with Crippen LogP contribution in [0.3, 0.4) is 0 Å². The number of nitrogens with zero attached hydrogens (tertiary/aromatic N) is 3. The summed E-state index contributed by atoms with van der Waals surface area (Å²) < 4.78 is 7.06. The molecule has 0 unspecified atom stereocenters. The summed E-state index contributed by atoms with van der Waals surface area (Å²) in [6.07, 6.45) is 1.59. The molecule has 2 amide bonds.